The van der Waals surface area contributed by atoms with Crippen LogP contribution in [0, 0.1) is 5.82 Å². The van der Waals surface area contributed by atoms with E-state index in [1.165, 1.54) is 23.5 Å². The molecule has 9 nitrogen and oxygen atoms in total. The molecule has 0 unspecified atom stereocenters. The maximum Gasteiger partial charge on any atom is 0.319 e. The Balaban J connectivity index is 1.29. The molecule has 12 heteroatoms. The predicted octanol–water partition coefficient (Wildman–Crippen LogP) is 5.10. The summed E-state index contributed by atoms with van der Waals surface area (Å²) in [5.74, 6) is 0.173. The van der Waals surface area contributed by atoms with E-state index in [0.29, 0.717) is 16.5 Å². The van der Waals surface area contributed by atoms with Crippen LogP contribution in [0.4, 0.5) is 20.0 Å². The number of hydrogen-bond donors (Lipinski definition) is 3. The van der Waals surface area contributed by atoms with Gasteiger partial charge in [0.2, 0.25) is 17.8 Å². The minimum absolute atomic E-state index is 0.133. The van der Waals surface area contributed by atoms with Crippen LogP contribution in [0.2, 0.25) is 5.02 Å². The molecule has 0 aliphatic carbocycles. The first-order chi connectivity index (χ1) is 17.9. The third kappa shape index (κ3) is 5.96. The Labute approximate surface area is 219 Å². The summed E-state index contributed by atoms with van der Waals surface area (Å²) in [6, 6.07) is 16.8. The minimum atomic E-state index is -0.948. The summed E-state index contributed by atoms with van der Waals surface area (Å²) in [6.07, 6.45) is 0.220. The lowest BCUT2D eigenvalue weighted by molar-refractivity contribution is -0.117. The van der Waals surface area contributed by atoms with Gasteiger partial charge in [-0.15, -0.1) is 10.2 Å². The largest absolute Gasteiger partial charge is 0.454 e. The summed E-state index contributed by atoms with van der Waals surface area (Å²) >= 11 is 6.97. The van der Waals surface area contributed by atoms with Crippen LogP contribution in [0.1, 0.15) is 5.56 Å². The molecule has 37 heavy (non-hydrogen) atoms. The highest BCUT2D eigenvalue weighted by Crippen LogP contribution is 2.37. The topological polar surface area (TPSA) is 114 Å². The molecule has 188 valence electrons. The average molecular weight is 540 g/mol. The second kappa shape index (κ2) is 10.8. The summed E-state index contributed by atoms with van der Waals surface area (Å²) in [6.45, 7) is 0.161. The molecule has 0 saturated heterocycles. The Bertz CT molecular complexity index is 1450. The molecule has 1 aliphatic rings. The van der Waals surface area contributed by atoms with Crippen LogP contribution in [0.25, 0.3) is 10.6 Å². The van der Waals surface area contributed by atoms with E-state index < -0.39 is 23.8 Å². The maximum absolute atomic E-state index is 13.4. The molecule has 0 fully saturated rings. The Hall–Kier alpha value is -4.22. The number of carbonyl (C=O) groups excluding carboxylic acids is 2. The molecular formula is C25H19ClFN5O4S. The standard InChI is InChI=1S/C25H19ClFN5O4S/c26-17-12-16(7-8-18(17)27)28-24(34)29-19(10-14-4-2-1-3-5-14)22(33)30-25-32-31-23(37-25)15-6-9-20-21(11-15)36-13-35-20/h1-9,11-12,19H,10,13H2,(H2,28,29,34)(H,30,32,33)/t19-/m1/s1. The molecule has 0 spiro atoms. The number of nitrogens with zero attached hydrogens (tertiary/aromatic N) is 2. The number of carbonyl (C=O) groups is 2. The quantitative estimate of drug-likeness (QED) is 0.301. The molecule has 4 aromatic rings. The van der Waals surface area contributed by atoms with E-state index in [2.05, 4.69) is 26.1 Å². The fourth-order valence-corrected chi connectivity index (χ4v) is 4.49. The van der Waals surface area contributed by atoms with Crippen molar-refractivity contribution < 1.29 is 23.5 Å². The number of urea groups is 1. The lowest BCUT2D eigenvalue weighted by Crippen LogP contribution is -2.46. The fraction of sp³-hybridized carbons (Fsp3) is 0.120. The first kappa shape index (κ1) is 24.5. The van der Waals surface area contributed by atoms with Crippen molar-refractivity contribution >= 4 is 45.7 Å². The van der Waals surface area contributed by atoms with E-state index >= 15 is 0 Å². The average Bonchev–Trinajstić information content (AvgIpc) is 3.55. The predicted molar refractivity (Wildman–Crippen MR) is 138 cm³/mol. The van der Waals surface area contributed by atoms with Gasteiger partial charge in [-0.3, -0.25) is 10.1 Å². The van der Waals surface area contributed by atoms with Gasteiger partial charge in [-0.2, -0.15) is 0 Å². The van der Waals surface area contributed by atoms with Gasteiger partial charge in [0.25, 0.3) is 0 Å². The lowest BCUT2D eigenvalue weighted by Gasteiger charge is -2.18. The normalized spacial score (nSPS) is 12.6. The van der Waals surface area contributed by atoms with Crippen LogP contribution in [0.15, 0.2) is 66.7 Å². The molecule has 0 saturated carbocycles. The maximum atomic E-state index is 13.4. The Morgan fingerprint density at radius 1 is 1.00 bits per heavy atom. The summed E-state index contributed by atoms with van der Waals surface area (Å²) in [7, 11) is 0. The Morgan fingerprint density at radius 2 is 1.81 bits per heavy atom. The SMILES string of the molecule is O=C(Nc1ccc(F)c(Cl)c1)N[C@H](Cc1ccccc1)C(=O)Nc1nnc(-c2ccc3c(c2)OCO3)s1. The van der Waals surface area contributed by atoms with Crippen molar-refractivity contribution in [2.75, 3.05) is 17.4 Å². The van der Waals surface area contributed by atoms with Crippen molar-refractivity contribution in [3.8, 4) is 22.1 Å². The molecule has 5 rings (SSSR count). The van der Waals surface area contributed by atoms with Gasteiger partial charge in [0.1, 0.15) is 16.9 Å². The molecule has 3 aromatic carbocycles. The van der Waals surface area contributed by atoms with Crippen LogP contribution in [-0.2, 0) is 11.2 Å². The Morgan fingerprint density at radius 3 is 2.62 bits per heavy atom. The van der Waals surface area contributed by atoms with Gasteiger partial charge < -0.3 is 20.1 Å². The van der Waals surface area contributed by atoms with Gasteiger partial charge >= 0.3 is 6.03 Å². The van der Waals surface area contributed by atoms with E-state index in [-0.39, 0.29) is 29.1 Å². The summed E-state index contributed by atoms with van der Waals surface area (Å²) in [5.41, 5.74) is 1.88. The molecule has 1 aromatic heterocycles. The van der Waals surface area contributed by atoms with Crippen molar-refractivity contribution in [2.45, 2.75) is 12.5 Å². The van der Waals surface area contributed by atoms with Gasteiger partial charge in [-0.05, 0) is 42.0 Å². The second-order valence-electron chi connectivity index (χ2n) is 7.94. The van der Waals surface area contributed by atoms with Crippen LogP contribution in [0.3, 0.4) is 0 Å². The first-order valence-corrected chi connectivity index (χ1v) is 12.2. The highest BCUT2D eigenvalue weighted by Gasteiger charge is 2.23. The minimum Gasteiger partial charge on any atom is -0.454 e. The fourth-order valence-electron chi connectivity index (χ4n) is 3.57. The first-order valence-electron chi connectivity index (χ1n) is 11.1. The van der Waals surface area contributed by atoms with Gasteiger partial charge in [-0.1, -0.05) is 53.3 Å². The third-order valence-corrected chi connectivity index (χ3v) is 6.53. The summed E-state index contributed by atoms with van der Waals surface area (Å²) in [4.78, 5) is 25.8. The summed E-state index contributed by atoms with van der Waals surface area (Å²) in [5, 5.41) is 16.9. The number of nitrogens with one attached hydrogen (secondary N) is 3. The number of halogens is 2. The number of benzene rings is 3. The van der Waals surface area contributed by atoms with Gasteiger partial charge in [-0.25, -0.2) is 9.18 Å². The van der Waals surface area contributed by atoms with Crippen molar-refractivity contribution in [2.24, 2.45) is 0 Å². The van der Waals surface area contributed by atoms with Crippen LogP contribution in [-0.4, -0.2) is 35.0 Å². The lowest BCUT2D eigenvalue weighted by atomic mass is 10.1. The zero-order valence-electron chi connectivity index (χ0n) is 19.0. The van der Waals surface area contributed by atoms with E-state index in [1.807, 2.05) is 36.4 Å². The number of fused-ring (bicyclic) bond motifs is 1. The molecule has 0 bridgehead atoms. The number of aromatic nitrogens is 2. The molecule has 0 radical (unpaired) electrons. The van der Waals surface area contributed by atoms with Crippen LogP contribution in [0.5, 0.6) is 11.5 Å². The summed E-state index contributed by atoms with van der Waals surface area (Å²) < 4.78 is 24.2. The van der Waals surface area contributed by atoms with E-state index in [9.17, 15) is 14.0 Å². The third-order valence-electron chi connectivity index (χ3n) is 5.36. The van der Waals surface area contributed by atoms with Crippen molar-refractivity contribution in [3.63, 3.8) is 0 Å². The Kier molecular flexibility index (Phi) is 7.15. The van der Waals surface area contributed by atoms with Gasteiger partial charge in [0.15, 0.2) is 11.5 Å². The highest BCUT2D eigenvalue weighted by atomic mass is 35.5. The molecule has 3 N–H and O–H groups in total. The van der Waals surface area contributed by atoms with E-state index in [1.54, 1.807) is 12.1 Å². The number of amides is 3. The van der Waals surface area contributed by atoms with Crippen molar-refractivity contribution in [1.82, 2.24) is 15.5 Å². The zero-order valence-corrected chi connectivity index (χ0v) is 20.6. The van der Waals surface area contributed by atoms with Gasteiger partial charge in [0.05, 0.1) is 5.02 Å². The number of rotatable bonds is 7. The van der Waals surface area contributed by atoms with Crippen molar-refractivity contribution in [1.29, 1.82) is 0 Å². The van der Waals surface area contributed by atoms with Crippen molar-refractivity contribution in [3.05, 3.63) is 83.1 Å². The zero-order chi connectivity index (χ0) is 25.8. The van der Waals surface area contributed by atoms with Crippen LogP contribution < -0.4 is 25.4 Å². The number of hydrogen-bond acceptors (Lipinski definition) is 7. The molecule has 1 atom stereocenters. The number of ether oxygens (including phenoxy) is 2. The second-order valence-corrected chi connectivity index (χ2v) is 9.32. The van der Waals surface area contributed by atoms with Crippen LogP contribution >= 0.6 is 22.9 Å². The van der Waals surface area contributed by atoms with E-state index in [0.717, 1.165) is 17.2 Å². The molecule has 2 heterocycles. The van der Waals surface area contributed by atoms with Gasteiger partial charge in [0, 0.05) is 17.7 Å². The smallest absolute Gasteiger partial charge is 0.319 e. The number of anilines is 2. The highest BCUT2D eigenvalue weighted by molar-refractivity contribution is 7.18. The molecule has 3 amide bonds. The monoisotopic (exact) mass is 539 g/mol. The van der Waals surface area contributed by atoms with E-state index in [4.69, 9.17) is 21.1 Å². The molecule has 1 aliphatic heterocycles. The molecular weight excluding hydrogens is 521 g/mol.